The average molecular weight is 187 g/mol. The van der Waals surface area contributed by atoms with E-state index in [0.29, 0.717) is 0 Å². The normalized spacial score (nSPS) is 9.79. The van der Waals surface area contributed by atoms with Crippen molar-refractivity contribution >= 4 is 0 Å². The van der Waals surface area contributed by atoms with Crippen molar-refractivity contribution < 1.29 is 0 Å². The van der Waals surface area contributed by atoms with Crippen LogP contribution >= 0.6 is 0 Å². The number of hydrogen-bond acceptors (Lipinski definition) is 1. The van der Waals surface area contributed by atoms with Gasteiger partial charge in [0.1, 0.15) is 0 Å². The number of nitrogens with zero attached hydrogens (tertiary/aromatic N) is 1. The van der Waals surface area contributed by atoms with Crippen molar-refractivity contribution in [1.29, 1.82) is 5.26 Å². The Morgan fingerprint density at radius 2 is 1.86 bits per heavy atom. The molecule has 0 bridgehead atoms. The van der Waals surface area contributed by atoms with Crippen LogP contribution in [0.3, 0.4) is 0 Å². The van der Waals surface area contributed by atoms with Crippen LogP contribution in [0.2, 0.25) is 0 Å². The molecule has 1 aromatic rings. The Balaban J connectivity index is 2.96. The molecule has 0 spiro atoms. The smallest absolute Gasteiger partial charge is 0.0994 e. The van der Waals surface area contributed by atoms with Gasteiger partial charge in [0.25, 0.3) is 0 Å². The van der Waals surface area contributed by atoms with Crippen LogP contribution in [0.15, 0.2) is 18.2 Å². The van der Waals surface area contributed by atoms with E-state index in [0.717, 1.165) is 31.2 Å². The second-order valence-electron chi connectivity index (χ2n) is 3.60. The van der Waals surface area contributed by atoms with Gasteiger partial charge in [-0.25, -0.2) is 0 Å². The van der Waals surface area contributed by atoms with Gasteiger partial charge in [-0.1, -0.05) is 38.8 Å². The highest BCUT2D eigenvalue weighted by Crippen LogP contribution is 2.14. The molecule has 0 heterocycles. The van der Waals surface area contributed by atoms with Crippen molar-refractivity contribution in [2.24, 2.45) is 0 Å². The predicted molar refractivity (Wildman–Crippen MR) is 59.1 cm³/mol. The van der Waals surface area contributed by atoms with Crippen molar-refractivity contribution in [3.05, 3.63) is 34.9 Å². The van der Waals surface area contributed by atoms with Gasteiger partial charge >= 0.3 is 0 Å². The monoisotopic (exact) mass is 187 g/mol. The maximum atomic E-state index is 8.92. The van der Waals surface area contributed by atoms with Crippen LogP contribution in [-0.4, -0.2) is 0 Å². The van der Waals surface area contributed by atoms with E-state index in [4.69, 9.17) is 5.26 Å². The number of benzene rings is 1. The van der Waals surface area contributed by atoms with Gasteiger partial charge in [-0.3, -0.25) is 0 Å². The molecule has 0 aliphatic carbocycles. The minimum absolute atomic E-state index is 0.840. The van der Waals surface area contributed by atoms with Crippen molar-refractivity contribution in [1.82, 2.24) is 0 Å². The van der Waals surface area contributed by atoms with E-state index in [-0.39, 0.29) is 0 Å². The van der Waals surface area contributed by atoms with Gasteiger partial charge in [0.05, 0.1) is 11.6 Å². The molecule has 14 heavy (non-hydrogen) atoms. The van der Waals surface area contributed by atoms with Crippen molar-refractivity contribution in [2.75, 3.05) is 0 Å². The summed E-state index contributed by atoms with van der Waals surface area (Å²) in [6.07, 6.45) is 4.39. The molecule has 0 atom stereocenters. The molecular formula is C13H17N. The molecule has 1 aromatic carbocycles. The quantitative estimate of drug-likeness (QED) is 0.708. The fourth-order valence-electron chi connectivity index (χ4n) is 1.68. The number of nitriles is 1. The van der Waals surface area contributed by atoms with Crippen LogP contribution in [0.4, 0.5) is 0 Å². The molecule has 1 rings (SSSR count). The first-order chi connectivity index (χ1) is 6.81. The lowest BCUT2D eigenvalue weighted by Crippen LogP contribution is -1.92. The average Bonchev–Trinajstić information content (AvgIpc) is 2.19. The SMILES string of the molecule is CCCc1ccc(C#N)c(CCC)c1. The first kappa shape index (κ1) is 10.8. The van der Waals surface area contributed by atoms with Gasteiger partial charge in [-0.05, 0) is 30.0 Å². The molecule has 0 N–H and O–H groups in total. The maximum absolute atomic E-state index is 8.92. The zero-order valence-electron chi connectivity index (χ0n) is 9.01. The highest BCUT2D eigenvalue weighted by Gasteiger charge is 2.01. The molecule has 0 unspecified atom stereocenters. The molecule has 0 aromatic heterocycles. The molecule has 1 nitrogen and oxygen atoms in total. The van der Waals surface area contributed by atoms with E-state index in [2.05, 4.69) is 32.0 Å². The van der Waals surface area contributed by atoms with Crippen molar-refractivity contribution in [2.45, 2.75) is 39.5 Å². The third-order valence-electron chi connectivity index (χ3n) is 2.35. The Morgan fingerprint density at radius 3 is 2.43 bits per heavy atom. The van der Waals surface area contributed by atoms with Crippen molar-refractivity contribution in [3.8, 4) is 6.07 Å². The zero-order chi connectivity index (χ0) is 10.4. The highest BCUT2D eigenvalue weighted by atomic mass is 14.2. The topological polar surface area (TPSA) is 23.8 Å². The Labute approximate surface area is 86.4 Å². The largest absolute Gasteiger partial charge is 0.192 e. The Bertz CT molecular complexity index is 334. The fourth-order valence-corrected chi connectivity index (χ4v) is 1.68. The minimum Gasteiger partial charge on any atom is -0.192 e. The first-order valence-electron chi connectivity index (χ1n) is 5.33. The fraction of sp³-hybridized carbons (Fsp3) is 0.462. The maximum Gasteiger partial charge on any atom is 0.0994 e. The summed E-state index contributed by atoms with van der Waals surface area (Å²) in [6, 6.07) is 8.46. The number of rotatable bonds is 4. The van der Waals surface area contributed by atoms with Crippen LogP contribution in [0.25, 0.3) is 0 Å². The van der Waals surface area contributed by atoms with Gasteiger partial charge in [0.15, 0.2) is 0 Å². The molecule has 0 aliphatic rings. The Hall–Kier alpha value is -1.29. The van der Waals surface area contributed by atoms with E-state index in [1.807, 2.05) is 6.07 Å². The first-order valence-corrected chi connectivity index (χ1v) is 5.33. The summed E-state index contributed by atoms with van der Waals surface area (Å²) in [4.78, 5) is 0. The van der Waals surface area contributed by atoms with Gasteiger partial charge in [0, 0.05) is 0 Å². The summed E-state index contributed by atoms with van der Waals surface area (Å²) >= 11 is 0. The summed E-state index contributed by atoms with van der Waals surface area (Å²) in [5.74, 6) is 0. The second kappa shape index (κ2) is 5.44. The number of hydrogen-bond donors (Lipinski definition) is 0. The third-order valence-corrected chi connectivity index (χ3v) is 2.35. The molecule has 0 saturated heterocycles. The number of aryl methyl sites for hydroxylation is 2. The lowest BCUT2D eigenvalue weighted by Gasteiger charge is -2.05. The molecular weight excluding hydrogens is 170 g/mol. The van der Waals surface area contributed by atoms with Crippen LogP contribution in [0.1, 0.15) is 43.4 Å². The zero-order valence-corrected chi connectivity index (χ0v) is 9.01. The van der Waals surface area contributed by atoms with Crippen molar-refractivity contribution in [3.63, 3.8) is 0 Å². The summed E-state index contributed by atoms with van der Waals surface area (Å²) in [6.45, 7) is 4.32. The van der Waals surface area contributed by atoms with Gasteiger partial charge in [0.2, 0.25) is 0 Å². The standard InChI is InChI=1S/C13H17N/c1-3-5-11-7-8-13(10-14)12(9-11)6-4-2/h7-9H,3-6H2,1-2H3. The molecule has 0 saturated carbocycles. The van der Waals surface area contributed by atoms with E-state index in [9.17, 15) is 0 Å². The molecule has 0 amide bonds. The third kappa shape index (κ3) is 2.60. The molecule has 0 fully saturated rings. The summed E-state index contributed by atoms with van der Waals surface area (Å²) < 4.78 is 0. The Kier molecular flexibility index (Phi) is 4.19. The summed E-state index contributed by atoms with van der Waals surface area (Å²) in [5.41, 5.74) is 3.41. The van der Waals surface area contributed by atoms with Crippen LogP contribution in [-0.2, 0) is 12.8 Å². The van der Waals surface area contributed by atoms with Gasteiger partial charge in [-0.15, -0.1) is 0 Å². The van der Waals surface area contributed by atoms with E-state index < -0.39 is 0 Å². The van der Waals surface area contributed by atoms with E-state index in [1.165, 1.54) is 11.1 Å². The summed E-state index contributed by atoms with van der Waals surface area (Å²) in [5, 5.41) is 8.92. The molecule has 0 aliphatic heterocycles. The van der Waals surface area contributed by atoms with Crippen LogP contribution in [0, 0.1) is 11.3 Å². The van der Waals surface area contributed by atoms with E-state index >= 15 is 0 Å². The van der Waals surface area contributed by atoms with Crippen LogP contribution in [0.5, 0.6) is 0 Å². The lowest BCUT2D eigenvalue weighted by molar-refractivity contribution is 0.893. The highest BCUT2D eigenvalue weighted by molar-refractivity contribution is 5.40. The minimum atomic E-state index is 0.840. The Morgan fingerprint density at radius 1 is 1.14 bits per heavy atom. The van der Waals surface area contributed by atoms with Crippen LogP contribution < -0.4 is 0 Å². The molecule has 0 radical (unpaired) electrons. The predicted octanol–water partition coefficient (Wildman–Crippen LogP) is 3.46. The molecule has 1 heteroatoms. The second-order valence-corrected chi connectivity index (χ2v) is 3.60. The summed E-state index contributed by atoms with van der Waals surface area (Å²) in [7, 11) is 0. The van der Waals surface area contributed by atoms with Gasteiger partial charge < -0.3 is 0 Å². The molecule has 74 valence electrons. The van der Waals surface area contributed by atoms with E-state index in [1.54, 1.807) is 0 Å². The lowest BCUT2D eigenvalue weighted by atomic mass is 9.99. The van der Waals surface area contributed by atoms with Gasteiger partial charge in [-0.2, -0.15) is 5.26 Å².